The van der Waals surface area contributed by atoms with Crippen LogP contribution < -0.4 is 10.2 Å². The van der Waals surface area contributed by atoms with Crippen LogP contribution in [-0.4, -0.2) is 43.0 Å². The number of carbonyl (C=O) groups is 2. The number of nitrogens with zero attached hydrogens (tertiary/aromatic N) is 2. The van der Waals surface area contributed by atoms with Crippen molar-refractivity contribution in [1.29, 1.82) is 0 Å². The average Bonchev–Trinajstić information content (AvgIpc) is 3.14. The van der Waals surface area contributed by atoms with E-state index >= 15 is 0 Å². The van der Waals surface area contributed by atoms with Crippen molar-refractivity contribution in [3.63, 3.8) is 0 Å². The second-order valence-electron chi connectivity index (χ2n) is 8.14. The monoisotopic (exact) mass is 377 g/mol. The van der Waals surface area contributed by atoms with Crippen LogP contribution in [0.2, 0.25) is 0 Å². The molecule has 2 aromatic carbocycles. The largest absolute Gasteiger partial charge is 0.338 e. The maximum Gasteiger partial charge on any atom is 0.322 e. The van der Waals surface area contributed by atoms with Gasteiger partial charge >= 0.3 is 6.03 Å². The van der Waals surface area contributed by atoms with E-state index in [4.69, 9.17) is 0 Å². The molecule has 146 valence electrons. The minimum absolute atomic E-state index is 0.0302. The highest BCUT2D eigenvalue weighted by molar-refractivity contribution is 5.99. The van der Waals surface area contributed by atoms with E-state index < -0.39 is 0 Å². The van der Waals surface area contributed by atoms with Crippen LogP contribution >= 0.6 is 0 Å². The van der Waals surface area contributed by atoms with Crippen molar-refractivity contribution in [3.05, 3.63) is 65.2 Å². The molecule has 0 aliphatic carbocycles. The van der Waals surface area contributed by atoms with Crippen molar-refractivity contribution in [3.8, 4) is 0 Å². The van der Waals surface area contributed by atoms with Gasteiger partial charge in [0.05, 0.1) is 0 Å². The van der Waals surface area contributed by atoms with Gasteiger partial charge in [0.2, 0.25) is 0 Å². The number of hydrogen-bond acceptors (Lipinski definition) is 2. The van der Waals surface area contributed by atoms with E-state index in [0.717, 1.165) is 30.6 Å². The number of anilines is 1. The molecular formula is C23H27N3O2. The zero-order valence-electron chi connectivity index (χ0n) is 16.6. The summed E-state index contributed by atoms with van der Waals surface area (Å²) in [6.45, 7) is 6.97. The molecule has 1 N–H and O–H groups in total. The van der Waals surface area contributed by atoms with Crippen molar-refractivity contribution in [2.45, 2.75) is 32.1 Å². The maximum atomic E-state index is 13.3. The summed E-state index contributed by atoms with van der Waals surface area (Å²) >= 11 is 0. The van der Waals surface area contributed by atoms with Gasteiger partial charge in [-0.2, -0.15) is 0 Å². The first-order valence-electron chi connectivity index (χ1n) is 9.99. The standard InChI is InChI=1S/C23H27N3O2/c1-17-9-10-18(15-20(17)26-14-12-24-22(26)28)21(27)25-13-6-11-23(2,16-25)19-7-4-3-5-8-19/h3-5,7-10,15H,6,11-14,16H2,1-2H3,(H,24,28)/t23-/m0/s1. The SMILES string of the molecule is Cc1ccc(C(=O)N2CCC[C@](C)(c3ccccc3)C2)cc1N1CCNC1=O. The molecule has 0 spiro atoms. The van der Waals surface area contributed by atoms with Gasteiger partial charge in [0.25, 0.3) is 5.91 Å². The number of piperidine rings is 1. The van der Waals surface area contributed by atoms with Crippen LogP contribution in [0.3, 0.4) is 0 Å². The lowest BCUT2D eigenvalue weighted by atomic mass is 9.76. The van der Waals surface area contributed by atoms with Crippen LogP contribution in [0.4, 0.5) is 10.5 Å². The molecule has 4 rings (SSSR count). The molecule has 0 bridgehead atoms. The van der Waals surface area contributed by atoms with Gasteiger partial charge in [-0.3, -0.25) is 9.69 Å². The molecule has 5 nitrogen and oxygen atoms in total. The minimum atomic E-state index is -0.0951. The van der Waals surface area contributed by atoms with E-state index in [1.54, 1.807) is 4.90 Å². The number of urea groups is 1. The molecule has 2 aliphatic rings. The summed E-state index contributed by atoms with van der Waals surface area (Å²) in [5, 5.41) is 2.83. The quantitative estimate of drug-likeness (QED) is 0.886. The molecule has 5 heteroatoms. The van der Waals surface area contributed by atoms with Crippen LogP contribution in [0.1, 0.15) is 41.3 Å². The van der Waals surface area contributed by atoms with Crippen LogP contribution in [0.25, 0.3) is 0 Å². The maximum absolute atomic E-state index is 13.3. The van der Waals surface area contributed by atoms with Gasteiger partial charge in [0.15, 0.2) is 0 Å². The summed E-state index contributed by atoms with van der Waals surface area (Å²) in [7, 11) is 0. The van der Waals surface area contributed by atoms with Crippen molar-refractivity contribution in [1.82, 2.24) is 10.2 Å². The molecule has 2 saturated heterocycles. The van der Waals surface area contributed by atoms with Crippen molar-refractivity contribution < 1.29 is 9.59 Å². The lowest BCUT2D eigenvalue weighted by Gasteiger charge is -2.41. The molecule has 1 atom stereocenters. The van der Waals surface area contributed by atoms with E-state index in [-0.39, 0.29) is 17.4 Å². The average molecular weight is 377 g/mol. The fraction of sp³-hybridized carbons (Fsp3) is 0.391. The summed E-state index contributed by atoms with van der Waals surface area (Å²) in [5.41, 5.74) is 3.73. The third-order valence-corrected chi connectivity index (χ3v) is 6.06. The normalized spacial score (nSPS) is 22.3. The van der Waals surface area contributed by atoms with Crippen LogP contribution in [0.5, 0.6) is 0 Å². The van der Waals surface area contributed by atoms with Crippen LogP contribution in [0.15, 0.2) is 48.5 Å². The second kappa shape index (κ2) is 7.30. The Morgan fingerprint density at radius 3 is 2.61 bits per heavy atom. The molecule has 3 amide bonds. The summed E-state index contributed by atoms with van der Waals surface area (Å²) in [6, 6.07) is 16.1. The number of carbonyl (C=O) groups excluding carboxylic acids is 2. The van der Waals surface area contributed by atoms with Gasteiger partial charge in [-0.25, -0.2) is 4.79 Å². The molecule has 2 aromatic rings. The Balaban J connectivity index is 1.58. The molecule has 2 heterocycles. The Morgan fingerprint density at radius 2 is 1.89 bits per heavy atom. The number of benzene rings is 2. The zero-order valence-corrected chi connectivity index (χ0v) is 16.6. The third-order valence-electron chi connectivity index (χ3n) is 6.06. The first-order chi connectivity index (χ1) is 13.5. The van der Waals surface area contributed by atoms with Crippen molar-refractivity contribution in [2.24, 2.45) is 0 Å². The summed E-state index contributed by atoms with van der Waals surface area (Å²) < 4.78 is 0. The Labute approximate surface area is 166 Å². The first-order valence-corrected chi connectivity index (χ1v) is 9.99. The predicted octanol–water partition coefficient (Wildman–Crippen LogP) is 3.72. The topological polar surface area (TPSA) is 52.7 Å². The fourth-order valence-corrected chi connectivity index (χ4v) is 4.41. The molecule has 2 fully saturated rings. The number of nitrogens with one attached hydrogen (secondary N) is 1. The highest BCUT2D eigenvalue weighted by Crippen LogP contribution is 2.34. The van der Waals surface area contributed by atoms with Gasteiger partial charge < -0.3 is 10.2 Å². The molecule has 28 heavy (non-hydrogen) atoms. The van der Waals surface area contributed by atoms with E-state index in [1.165, 1.54) is 5.56 Å². The number of aryl methyl sites for hydroxylation is 1. The molecular weight excluding hydrogens is 350 g/mol. The van der Waals surface area contributed by atoms with Gasteiger partial charge in [-0.05, 0) is 43.0 Å². The summed E-state index contributed by atoms with van der Waals surface area (Å²) in [4.78, 5) is 29.0. The Kier molecular flexibility index (Phi) is 4.84. The molecule has 0 unspecified atom stereocenters. The summed E-state index contributed by atoms with van der Waals surface area (Å²) in [5.74, 6) is 0.0442. The fourth-order valence-electron chi connectivity index (χ4n) is 4.41. The van der Waals surface area contributed by atoms with Gasteiger partial charge in [0, 0.05) is 42.8 Å². The van der Waals surface area contributed by atoms with Gasteiger partial charge in [0.1, 0.15) is 0 Å². The highest BCUT2D eigenvalue weighted by atomic mass is 16.2. The van der Waals surface area contributed by atoms with Gasteiger partial charge in [-0.1, -0.05) is 43.3 Å². The minimum Gasteiger partial charge on any atom is -0.338 e. The number of rotatable bonds is 3. The number of amides is 3. The molecule has 2 aliphatic heterocycles. The van der Waals surface area contributed by atoms with Crippen LogP contribution in [0, 0.1) is 6.92 Å². The van der Waals surface area contributed by atoms with Crippen molar-refractivity contribution in [2.75, 3.05) is 31.1 Å². The zero-order chi connectivity index (χ0) is 19.7. The van der Waals surface area contributed by atoms with Crippen molar-refractivity contribution >= 4 is 17.6 Å². The lowest BCUT2D eigenvalue weighted by molar-refractivity contribution is 0.0651. The van der Waals surface area contributed by atoms with E-state index in [9.17, 15) is 9.59 Å². The second-order valence-corrected chi connectivity index (χ2v) is 8.14. The number of hydrogen-bond donors (Lipinski definition) is 1. The molecule has 0 radical (unpaired) electrons. The van der Waals surface area contributed by atoms with Gasteiger partial charge in [-0.15, -0.1) is 0 Å². The summed E-state index contributed by atoms with van der Waals surface area (Å²) in [6.07, 6.45) is 2.07. The first kappa shape index (κ1) is 18.5. The van der Waals surface area contributed by atoms with Crippen LogP contribution in [-0.2, 0) is 5.41 Å². The smallest absolute Gasteiger partial charge is 0.322 e. The number of likely N-dealkylation sites (tertiary alicyclic amines) is 1. The van der Waals surface area contributed by atoms with E-state index in [0.29, 0.717) is 25.2 Å². The highest BCUT2D eigenvalue weighted by Gasteiger charge is 2.35. The van der Waals surface area contributed by atoms with E-state index in [2.05, 4.69) is 36.5 Å². The van der Waals surface area contributed by atoms with E-state index in [1.807, 2.05) is 36.1 Å². The molecule has 0 saturated carbocycles. The third kappa shape index (κ3) is 3.37. The Hall–Kier alpha value is -2.82. The Bertz CT molecular complexity index is 896. The predicted molar refractivity (Wildman–Crippen MR) is 111 cm³/mol. The Morgan fingerprint density at radius 1 is 1.11 bits per heavy atom. The molecule has 0 aromatic heterocycles. The lowest BCUT2D eigenvalue weighted by Crippen LogP contribution is -2.47.